The van der Waals surface area contributed by atoms with Crippen LogP contribution in [-0.2, 0) is 0 Å². The molecule has 0 saturated carbocycles. The van der Waals surface area contributed by atoms with Crippen molar-refractivity contribution in [3.63, 3.8) is 0 Å². The molecule has 1 amide bonds. The number of aromatic nitrogens is 1. The number of carbonyl (C=O) groups excluding carboxylic acids is 2. The molecule has 1 aliphatic heterocycles. The predicted molar refractivity (Wildman–Crippen MR) is 110 cm³/mol. The molecule has 3 rings (SSSR count). The fourth-order valence-corrected chi connectivity index (χ4v) is 3.77. The van der Waals surface area contributed by atoms with Crippen LogP contribution < -0.4 is 4.74 Å². The number of halogens is 1. The first kappa shape index (κ1) is 20.4. The van der Waals surface area contributed by atoms with Gasteiger partial charge in [0, 0.05) is 49.0 Å². The summed E-state index contributed by atoms with van der Waals surface area (Å²) in [6.45, 7) is 9.51. The molecule has 2 heterocycles. The molecule has 0 atom stereocenters. The van der Waals surface area contributed by atoms with Crippen LogP contribution in [-0.4, -0.2) is 65.8 Å². The van der Waals surface area contributed by atoms with Gasteiger partial charge >= 0.3 is 0 Å². The number of aromatic amines is 1. The molecule has 1 N–H and O–H groups in total. The molecule has 7 heteroatoms. The van der Waals surface area contributed by atoms with Gasteiger partial charge in [-0.05, 0) is 50.6 Å². The SMILES string of the molecule is CC(=O)c1c(C)[nH]c(C(=O)N2CCN(CCOc3ccc(Cl)cc3)CC2)c1C. The lowest BCUT2D eigenvalue weighted by Gasteiger charge is -2.34. The highest BCUT2D eigenvalue weighted by Crippen LogP contribution is 2.20. The Kier molecular flexibility index (Phi) is 6.42. The molecule has 150 valence electrons. The average Bonchev–Trinajstić information content (AvgIpc) is 2.97. The molecule has 0 aliphatic carbocycles. The number of piperazine rings is 1. The van der Waals surface area contributed by atoms with Gasteiger partial charge in [0.25, 0.3) is 5.91 Å². The van der Waals surface area contributed by atoms with E-state index in [0.29, 0.717) is 36.0 Å². The smallest absolute Gasteiger partial charge is 0.270 e. The maximum Gasteiger partial charge on any atom is 0.270 e. The maximum absolute atomic E-state index is 12.9. The molecule has 1 saturated heterocycles. The molecule has 1 aromatic heterocycles. The molecule has 0 bridgehead atoms. The summed E-state index contributed by atoms with van der Waals surface area (Å²) in [5.74, 6) is 0.748. The van der Waals surface area contributed by atoms with E-state index in [1.165, 1.54) is 6.92 Å². The molecule has 1 fully saturated rings. The number of hydrogen-bond donors (Lipinski definition) is 1. The second-order valence-corrected chi connectivity index (χ2v) is 7.55. The lowest BCUT2D eigenvalue weighted by Crippen LogP contribution is -2.49. The second-order valence-electron chi connectivity index (χ2n) is 7.12. The van der Waals surface area contributed by atoms with Gasteiger partial charge in [0.1, 0.15) is 18.1 Å². The van der Waals surface area contributed by atoms with E-state index in [4.69, 9.17) is 16.3 Å². The average molecular weight is 404 g/mol. The van der Waals surface area contributed by atoms with Crippen molar-refractivity contribution in [2.45, 2.75) is 20.8 Å². The molecular formula is C21H26ClN3O3. The number of ketones is 1. The number of nitrogens with zero attached hydrogens (tertiary/aromatic N) is 2. The van der Waals surface area contributed by atoms with E-state index in [0.717, 1.165) is 36.6 Å². The van der Waals surface area contributed by atoms with Crippen LogP contribution in [0.15, 0.2) is 24.3 Å². The first-order chi connectivity index (χ1) is 13.4. The van der Waals surface area contributed by atoms with Crippen LogP contribution in [0.5, 0.6) is 5.75 Å². The fraction of sp³-hybridized carbons (Fsp3) is 0.429. The zero-order valence-electron chi connectivity index (χ0n) is 16.5. The van der Waals surface area contributed by atoms with Gasteiger partial charge in [-0.1, -0.05) is 11.6 Å². The molecule has 28 heavy (non-hydrogen) atoms. The minimum atomic E-state index is -0.0369. The van der Waals surface area contributed by atoms with Gasteiger partial charge in [-0.25, -0.2) is 0 Å². The first-order valence-corrected chi connectivity index (χ1v) is 9.84. The van der Waals surface area contributed by atoms with E-state index in [2.05, 4.69) is 9.88 Å². The molecule has 0 radical (unpaired) electrons. The second kappa shape index (κ2) is 8.80. The molecule has 2 aromatic rings. The highest BCUT2D eigenvalue weighted by atomic mass is 35.5. The Morgan fingerprint density at radius 1 is 1.11 bits per heavy atom. The molecular weight excluding hydrogens is 378 g/mol. The monoisotopic (exact) mass is 403 g/mol. The molecule has 6 nitrogen and oxygen atoms in total. The van der Waals surface area contributed by atoms with Crippen molar-refractivity contribution in [2.75, 3.05) is 39.3 Å². The molecule has 0 unspecified atom stereocenters. The lowest BCUT2D eigenvalue weighted by molar-refractivity contribution is 0.0614. The molecule has 1 aliphatic rings. The van der Waals surface area contributed by atoms with E-state index in [9.17, 15) is 9.59 Å². The van der Waals surface area contributed by atoms with Crippen LogP contribution in [0.25, 0.3) is 0 Å². The Hall–Kier alpha value is -2.31. The van der Waals surface area contributed by atoms with Crippen molar-refractivity contribution in [1.29, 1.82) is 0 Å². The largest absolute Gasteiger partial charge is 0.492 e. The number of benzene rings is 1. The van der Waals surface area contributed by atoms with E-state index in [1.54, 1.807) is 0 Å². The van der Waals surface area contributed by atoms with E-state index >= 15 is 0 Å². The standard InChI is InChI=1S/C21H26ClN3O3/c1-14-19(16(3)26)15(2)23-20(14)21(27)25-10-8-24(9-11-25)12-13-28-18-6-4-17(22)5-7-18/h4-7,23H,8-13H2,1-3H3. The summed E-state index contributed by atoms with van der Waals surface area (Å²) in [5, 5.41) is 0.691. The van der Waals surface area contributed by atoms with Gasteiger partial charge in [-0.3, -0.25) is 14.5 Å². The number of rotatable bonds is 6. The number of amides is 1. The number of H-pyrrole nitrogens is 1. The first-order valence-electron chi connectivity index (χ1n) is 9.47. The van der Waals surface area contributed by atoms with E-state index < -0.39 is 0 Å². The highest BCUT2D eigenvalue weighted by Gasteiger charge is 2.26. The van der Waals surface area contributed by atoms with Gasteiger partial charge in [0.2, 0.25) is 0 Å². The highest BCUT2D eigenvalue weighted by molar-refractivity contribution is 6.30. The molecule has 1 aromatic carbocycles. The minimum Gasteiger partial charge on any atom is -0.492 e. The minimum absolute atomic E-state index is 0.0178. The van der Waals surface area contributed by atoms with E-state index in [1.807, 2.05) is 43.0 Å². The fourth-order valence-electron chi connectivity index (χ4n) is 3.65. The number of aryl methyl sites for hydroxylation is 1. The van der Waals surface area contributed by atoms with Crippen LogP contribution >= 0.6 is 11.6 Å². The van der Waals surface area contributed by atoms with Crippen molar-refractivity contribution in [3.05, 3.63) is 51.8 Å². The van der Waals surface area contributed by atoms with Gasteiger partial charge in [0.15, 0.2) is 5.78 Å². The van der Waals surface area contributed by atoms with Crippen molar-refractivity contribution in [2.24, 2.45) is 0 Å². The summed E-state index contributed by atoms with van der Waals surface area (Å²) in [5.41, 5.74) is 2.66. The van der Waals surface area contributed by atoms with Gasteiger partial charge < -0.3 is 14.6 Å². The van der Waals surface area contributed by atoms with Crippen molar-refractivity contribution < 1.29 is 14.3 Å². The zero-order chi connectivity index (χ0) is 20.3. The quantitative estimate of drug-likeness (QED) is 0.751. The number of Topliss-reactive ketones (excluding diaryl/α,β-unsaturated/α-hetero) is 1. The Labute approximate surface area is 170 Å². The van der Waals surface area contributed by atoms with Gasteiger partial charge in [0.05, 0.1) is 0 Å². The summed E-state index contributed by atoms with van der Waals surface area (Å²) in [4.78, 5) is 31.9. The van der Waals surface area contributed by atoms with Crippen LogP contribution in [0.1, 0.15) is 39.0 Å². The van der Waals surface area contributed by atoms with Crippen molar-refractivity contribution in [3.8, 4) is 5.75 Å². The van der Waals surface area contributed by atoms with Crippen LogP contribution in [0.3, 0.4) is 0 Å². The lowest BCUT2D eigenvalue weighted by atomic mass is 10.1. The number of nitrogens with one attached hydrogen (secondary N) is 1. The third-order valence-electron chi connectivity index (χ3n) is 5.15. The Balaban J connectivity index is 1.50. The van der Waals surface area contributed by atoms with Crippen molar-refractivity contribution >= 4 is 23.3 Å². The topological polar surface area (TPSA) is 65.6 Å². The van der Waals surface area contributed by atoms with Gasteiger partial charge in [-0.2, -0.15) is 0 Å². The number of carbonyl (C=O) groups is 2. The van der Waals surface area contributed by atoms with Crippen LogP contribution in [0, 0.1) is 13.8 Å². The summed E-state index contributed by atoms with van der Waals surface area (Å²) in [6.07, 6.45) is 0. The Bertz CT molecular complexity index is 853. The van der Waals surface area contributed by atoms with Crippen LogP contribution in [0.2, 0.25) is 5.02 Å². The molecule has 0 spiro atoms. The third kappa shape index (κ3) is 4.56. The summed E-state index contributed by atoms with van der Waals surface area (Å²) >= 11 is 5.87. The van der Waals surface area contributed by atoms with Crippen molar-refractivity contribution in [1.82, 2.24) is 14.8 Å². The Morgan fingerprint density at radius 2 is 1.75 bits per heavy atom. The normalized spacial score (nSPS) is 14.9. The van der Waals surface area contributed by atoms with Crippen LogP contribution in [0.4, 0.5) is 0 Å². The Morgan fingerprint density at radius 3 is 2.32 bits per heavy atom. The summed E-state index contributed by atoms with van der Waals surface area (Å²) in [6, 6.07) is 7.33. The van der Waals surface area contributed by atoms with E-state index in [-0.39, 0.29) is 11.7 Å². The third-order valence-corrected chi connectivity index (χ3v) is 5.40. The number of hydrogen-bond acceptors (Lipinski definition) is 4. The zero-order valence-corrected chi connectivity index (χ0v) is 17.3. The maximum atomic E-state index is 12.9. The summed E-state index contributed by atoms with van der Waals surface area (Å²) in [7, 11) is 0. The summed E-state index contributed by atoms with van der Waals surface area (Å²) < 4.78 is 5.74. The number of ether oxygens (including phenoxy) is 1. The predicted octanol–water partition coefficient (Wildman–Crippen LogP) is 3.32. The van der Waals surface area contributed by atoms with Gasteiger partial charge in [-0.15, -0.1) is 0 Å².